The van der Waals surface area contributed by atoms with Crippen LogP contribution in [0.25, 0.3) is 0 Å². The Morgan fingerprint density at radius 2 is 2.14 bits per heavy atom. The summed E-state index contributed by atoms with van der Waals surface area (Å²) >= 11 is 0. The zero-order chi connectivity index (χ0) is 15.5. The fraction of sp³-hybridized carbons (Fsp3) is 0.588. The predicted octanol–water partition coefficient (Wildman–Crippen LogP) is 2.39. The molecule has 1 unspecified atom stereocenters. The van der Waals surface area contributed by atoms with Crippen LogP contribution in [0.2, 0.25) is 0 Å². The normalized spacial score (nSPS) is 17.2. The fourth-order valence-electron chi connectivity index (χ4n) is 2.71. The molecule has 0 bridgehead atoms. The Labute approximate surface area is 127 Å². The van der Waals surface area contributed by atoms with Crippen molar-refractivity contribution in [3.05, 3.63) is 29.8 Å². The maximum absolute atomic E-state index is 12.9. The third-order valence-electron chi connectivity index (χ3n) is 3.97. The van der Waals surface area contributed by atoms with E-state index in [-0.39, 0.29) is 17.2 Å². The average Bonchev–Trinajstić information content (AvgIpc) is 2.90. The number of hydrogen-bond acceptors (Lipinski definition) is 3. The summed E-state index contributed by atoms with van der Waals surface area (Å²) in [5.41, 5.74) is 6.76. The minimum absolute atomic E-state index is 0.0657. The van der Waals surface area contributed by atoms with E-state index < -0.39 is 0 Å². The number of rotatable bonds is 6. The van der Waals surface area contributed by atoms with Gasteiger partial charge in [-0.3, -0.25) is 4.79 Å². The molecule has 1 aliphatic heterocycles. The second kappa shape index (κ2) is 6.48. The van der Waals surface area contributed by atoms with Gasteiger partial charge in [0.1, 0.15) is 18.3 Å². The first-order valence-electron chi connectivity index (χ1n) is 7.69. The van der Waals surface area contributed by atoms with Gasteiger partial charge in [-0.1, -0.05) is 39.0 Å². The van der Waals surface area contributed by atoms with Gasteiger partial charge in [-0.25, -0.2) is 0 Å². The van der Waals surface area contributed by atoms with Crippen LogP contribution in [0.1, 0.15) is 38.7 Å². The van der Waals surface area contributed by atoms with E-state index in [9.17, 15) is 4.79 Å². The van der Waals surface area contributed by atoms with Gasteiger partial charge in [-0.05, 0) is 24.4 Å². The standard InChI is InChI=1S/C17H26N2O2/c1-4-9-19(12-17(2,3)11-18)16(20)14-10-21-15-8-6-5-7-13(14)15/h5-8,14H,4,9-12,18H2,1-3H3. The third kappa shape index (κ3) is 3.56. The number of ether oxygens (including phenoxy) is 1. The lowest BCUT2D eigenvalue weighted by molar-refractivity contribution is -0.134. The van der Waals surface area contributed by atoms with Gasteiger partial charge in [0, 0.05) is 18.7 Å². The van der Waals surface area contributed by atoms with E-state index in [1.54, 1.807) is 0 Å². The van der Waals surface area contributed by atoms with Crippen LogP contribution < -0.4 is 10.5 Å². The van der Waals surface area contributed by atoms with Gasteiger partial charge in [-0.2, -0.15) is 0 Å². The number of carbonyl (C=O) groups is 1. The molecular formula is C17H26N2O2. The molecular weight excluding hydrogens is 264 g/mol. The van der Waals surface area contributed by atoms with E-state index in [0.717, 1.165) is 24.3 Å². The molecule has 21 heavy (non-hydrogen) atoms. The molecule has 0 fully saturated rings. The minimum Gasteiger partial charge on any atom is -0.492 e. The van der Waals surface area contributed by atoms with Crippen LogP contribution in [0.5, 0.6) is 5.75 Å². The highest BCUT2D eigenvalue weighted by atomic mass is 16.5. The predicted molar refractivity (Wildman–Crippen MR) is 84.4 cm³/mol. The Kier molecular flexibility index (Phi) is 4.88. The average molecular weight is 290 g/mol. The summed E-state index contributed by atoms with van der Waals surface area (Å²) in [7, 11) is 0. The molecule has 2 N–H and O–H groups in total. The summed E-state index contributed by atoms with van der Waals surface area (Å²) in [5, 5.41) is 0. The largest absolute Gasteiger partial charge is 0.492 e. The molecule has 1 aliphatic rings. The van der Waals surface area contributed by atoms with Gasteiger partial charge in [-0.15, -0.1) is 0 Å². The summed E-state index contributed by atoms with van der Waals surface area (Å²) < 4.78 is 5.64. The van der Waals surface area contributed by atoms with Crippen LogP contribution >= 0.6 is 0 Å². The van der Waals surface area contributed by atoms with Gasteiger partial charge in [0.05, 0.1) is 0 Å². The molecule has 0 aliphatic carbocycles. The second-order valence-electron chi connectivity index (χ2n) is 6.53. The quantitative estimate of drug-likeness (QED) is 0.875. The highest BCUT2D eigenvalue weighted by molar-refractivity contribution is 5.85. The van der Waals surface area contributed by atoms with E-state index in [4.69, 9.17) is 10.5 Å². The van der Waals surface area contributed by atoms with Gasteiger partial charge < -0.3 is 15.4 Å². The van der Waals surface area contributed by atoms with Crippen LogP contribution in [0.15, 0.2) is 24.3 Å². The van der Waals surface area contributed by atoms with Crippen molar-refractivity contribution in [2.24, 2.45) is 11.1 Å². The van der Waals surface area contributed by atoms with Crippen LogP contribution in [-0.2, 0) is 4.79 Å². The summed E-state index contributed by atoms with van der Waals surface area (Å²) in [6.45, 7) is 8.76. The molecule has 1 heterocycles. The van der Waals surface area contributed by atoms with Crippen molar-refractivity contribution in [2.75, 3.05) is 26.2 Å². The topological polar surface area (TPSA) is 55.6 Å². The zero-order valence-electron chi connectivity index (χ0n) is 13.3. The van der Waals surface area contributed by atoms with Gasteiger partial charge >= 0.3 is 0 Å². The summed E-state index contributed by atoms with van der Waals surface area (Å²) in [5.74, 6) is 0.815. The fourth-order valence-corrected chi connectivity index (χ4v) is 2.71. The number of nitrogens with zero attached hydrogens (tertiary/aromatic N) is 1. The van der Waals surface area contributed by atoms with Gasteiger partial charge in [0.15, 0.2) is 0 Å². The second-order valence-corrected chi connectivity index (χ2v) is 6.53. The molecule has 0 saturated carbocycles. The van der Waals surface area contributed by atoms with E-state index in [1.165, 1.54) is 0 Å². The monoisotopic (exact) mass is 290 g/mol. The Hall–Kier alpha value is -1.55. The molecule has 0 spiro atoms. The first-order chi connectivity index (χ1) is 9.98. The first-order valence-corrected chi connectivity index (χ1v) is 7.69. The Bertz CT molecular complexity index is 499. The molecule has 4 heteroatoms. The molecule has 2 rings (SSSR count). The van der Waals surface area contributed by atoms with Crippen molar-refractivity contribution in [2.45, 2.75) is 33.1 Å². The van der Waals surface area contributed by atoms with Gasteiger partial charge in [0.25, 0.3) is 0 Å². The Morgan fingerprint density at radius 1 is 1.43 bits per heavy atom. The van der Waals surface area contributed by atoms with Crippen molar-refractivity contribution in [1.82, 2.24) is 4.90 Å². The number of para-hydroxylation sites is 1. The molecule has 4 nitrogen and oxygen atoms in total. The smallest absolute Gasteiger partial charge is 0.233 e. The van der Waals surface area contributed by atoms with Crippen LogP contribution in [-0.4, -0.2) is 37.0 Å². The summed E-state index contributed by atoms with van der Waals surface area (Å²) in [6, 6.07) is 7.81. The maximum Gasteiger partial charge on any atom is 0.233 e. The van der Waals surface area contributed by atoms with Crippen molar-refractivity contribution in [3.63, 3.8) is 0 Å². The molecule has 1 amide bonds. The molecule has 1 atom stereocenters. The van der Waals surface area contributed by atoms with Gasteiger partial charge in [0.2, 0.25) is 5.91 Å². The van der Waals surface area contributed by atoms with Crippen molar-refractivity contribution >= 4 is 5.91 Å². The molecule has 116 valence electrons. The molecule has 0 saturated heterocycles. The van der Waals surface area contributed by atoms with E-state index >= 15 is 0 Å². The first kappa shape index (κ1) is 15.8. The van der Waals surface area contributed by atoms with E-state index in [0.29, 0.717) is 19.7 Å². The van der Waals surface area contributed by atoms with Crippen LogP contribution in [0, 0.1) is 5.41 Å². The molecule has 1 aromatic rings. The summed E-state index contributed by atoms with van der Waals surface area (Å²) in [4.78, 5) is 14.8. The minimum atomic E-state index is -0.179. The lowest BCUT2D eigenvalue weighted by atomic mass is 9.91. The number of carbonyl (C=O) groups excluding carboxylic acids is 1. The lowest BCUT2D eigenvalue weighted by Gasteiger charge is -2.33. The van der Waals surface area contributed by atoms with Crippen molar-refractivity contribution in [3.8, 4) is 5.75 Å². The number of nitrogens with two attached hydrogens (primary N) is 1. The SMILES string of the molecule is CCCN(CC(C)(C)CN)C(=O)C1COc2ccccc21. The van der Waals surface area contributed by atoms with Crippen molar-refractivity contribution < 1.29 is 9.53 Å². The molecule has 0 aromatic heterocycles. The highest BCUT2D eigenvalue weighted by Gasteiger charge is 2.34. The zero-order valence-corrected chi connectivity index (χ0v) is 13.3. The van der Waals surface area contributed by atoms with Crippen molar-refractivity contribution in [1.29, 1.82) is 0 Å². The van der Waals surface area contributed by atoms with E-state index in [1.807, 2.05) is 29.2 Å². The number of hydrogen-bond donors (Lipinski definition) is 1. The van der Waals surface area contributed by atoms with Crippen LogP contribution in [0.3, 0.4) is 0 Å². The lowest BCUT2D eigenvalue weighted by Crippen LogP contribution is -2.44. The van der Waals surface area contributed by atoms with Crippen LogP contribution in [0.4, 0.5) is 0 Å². The number of benzene rings is 1. The number of amides is 1. The number of fused-ring (bicyclic) bond motifs is 1. The summed E-state index contributed by atoms with van der Waals surface area (Å²) in [6.07, 6.45) is 0.946. The van der Waals surface area contributed by atoms with E-state index in [2.05, 4.69) is 20.8 Å². The molecule has 0 radical (unpaired) electrons. The molecule has 1 aromatic carbocycles. The Morgan fingerprint density at radius 3 is 2.81 bits per heavy atom. The third-order valence-corrected chi connectivity index (χ3v) is 3.97. The maximum atomic E-state index is 12.9. The highest BCUT2D eigenvalue weighted by Crippen LogP contribution is 2.35. The Balaban J connectivity index is 2.16.